The molecule has 0 aromatic rings. The smallest absolute Gasteiger partial charge is 0.350 e. The van der Waals surface area contributed by atoms with Gasteiger partial charge in [-0.3, -0.25) is 4.79 Å². The van der Waals surface area contributed by atoms with Crippen LogP contribution in [0.25, 0.3) is 0 Å². The van der Waals surface area contributed by atoms with Gasteiger partial charge in [0.1, 0.15) is 0 Å². The van der Waals surface area contributed by atoms with E-state index in [1.54, 1.807) is 6.92 Å². The van der Waals surface area contributed by atoms with Gasteiger partial charge in [0.15, 0.2) is 0 Å². The van der Waals surface area contributed by atoms with E-state index in [0.717, 1.165) is 12.8 Å². The summed E-state index contributed by atoms with van der Waals surface area (Å²) in [4.78, 5) is 21.7. The van der Waals surface area contributed by atoms with Crippen LogP contribution >= 0.6 is 0 Å². The van der Waals surface area contributed by atoms with Crippen molar-refractivity contribution in [1.29, 1.82) is 0 Å². The average Bonchev–Trinajstić information content (AvgIpc) is 2.55. The number of rotatable bonds is 4. The Morgan fingerprint density at radius 2 is 2.08 bits per heavy atom. The predicted molar refractivity (Wildman–Crippen MR) is 45.0 cm³/mol. The molecule has 0 atom stereocenters. The summed E-state index contributed by atoms with van der Waals surface area (Å²) >= 11 is 0. The van der Waals surface area contributed by atoms with Crippen molar-refractivity contribution in [1.82, 2.24) is 0 Å². The topological polar surface area (TPSA) is 52.6 Å². The molecule has 74 valence electrons. The second kappa shape index (κ2) is 4.25. The number of hydrogen-bond acceptors (Lipinski definition) is 4. The number of hydrogen-bond donors (Lipinski definition) is 0. The van der Waals surface area contributed by atoms with Crippen LogP contribution in [0.3, 0.4) is 0 Å². The third kappa shape index (κ3) is 1.99. The van der Waals surface area contributed by atoms with Gasteiger partial charge in [-0.05, 0) is 32.6 Å². The van der Waals surface area contributed by atoms with Crippen molar-refractivity contribution in [2.24, 2.45) is 0 Å². The highest BCUT2D eigenvalue weighted by atomic mass is 16.6. The molecule has 0 saturated heterocycles. The molecule has 0 amide bonds. The zero-order valence-electron chi connectivity index (χ0n) is 7.75. The minimum atomic E-state index is -0.974. The standard InChI is InChI=1S/C9H14O4/c1-2-12-8(11)9(13-7-10)5-3-4-6-9/h7H,2-6H2,1H3. The first-order valence-electron chi connectivity index (χ1n) is 4.54. The van der Waals surface area contributed by atoms with Crippen molar-refractivity contribution in [2.45, 2.75) is 38.2 Å². The Kier molecular flexibility index (Phi) is 3.28. The number of carbonyl (C=O) groups excluding carboxylic acids is 2. The first kappa shape index (κ1) is 10.0. The Bertz CT molecular complexity index is 194. The minimum Gasteiger partial charge on any atom is -0.463 e. The Hall–Kier alpha value is -1.06. The SMILES string of the molecule is CCOC(=O)C1(OC=O)CCCC1. The first-order chi connectivity index (χ1) is 6.25. The lowest BCUT2D eigenvalue weighted by atomic mass is 10.0. The van der Waals surface area contributed by atoms with E-state index in [1.165, 1.54) is 0 Å². The molecule has 0 aromatic heterocycles. The fourth-order valence-corrected chi connectivity index (χ4v) is 1.67. The maximum atomic E-state index is 11.5. The quantitative estimate of drug-likeness (QED) is 0.486. The molecule has 1 rings (SSSR count). The predicted octanol–water partition coefficient (Wildman–Crippen LogP) is 1.04. The van der Waals surface area contributed by atoms with Crippen LogP contribution in [0, 0.1) is 0 Å². The summed E-state index contributed by atoms with van der Waals surface area (Å²) in [7, 11) is 0. The Morgan fingerprint density at radius 3 is 2.54 bits per heavy atom. The van der Waals surface area contributed by atoms with Gasteiger partial charge in [0.2, 0.25) is 5.60 Å². The molecule has 1 aliphatic carbocycles. The minimum absolute atomic E-state index is 0.322. The normalized spacial score (nSPS) is 19.5. The molecule has 0 radical (unpaired) electrons. The fourth-order valence-electron chi connectivity index (χ4n) is 1.67. The maximum absolute atomic E-state index is 11.5. The van der Waals surface area contributed by atoms with E-state index in [0.29, 0.717) is 25.9 Å². The van der Waals surface area contributed by atoms with Gasteiger partial charge in [0.05, 0.1) is 6.61 Å². The van der Waals surface area contributed by atoms with E-state index in [1.807, 2.05) is 0 Å². The fraction of sp³-hybridized carbons (Fsp3) is 0.778. The molecule has 0 heterocycles. The van der Waals surface area contributed by atoms with Gasteiger partial charge in [-0.15, -0.1) is 0 Å². The van der Waals surface area contributed by atoms with Crippen LogP contribution in [0.15, 0.2) is 0 Å². The van der Waals surface area contributed by atoms with E-state index in [2.05, 4.69) is 0 Å². The van der Waals surface area contributed by atoms with Crippen molar-refractivity contribution < 1.29 is 19.1 Å². The van der Waals surface area contributed by atoms with Crippen LogP contribution in [-0.4, -0.2) is 24.6 Å². The summed E-state index contributed by atoms with van der Waals surface area (Å²) in [6.07, 6.45) is 2.99. The number of esters is 1. The summed E-state index contributed by atoms with van der Waals surface area (Å²) in [5.74, 6) is -0.403. The summed E-state index contributed by atoms with van der Waals surface area (Å²) in [5, 5.41) is 0. The van der Waals surface area contributed by atoms with Gasteiger partial charge in [-0.1, -0.05) is 0 Å². The van der Waals surface area contributed by atoms with E-state index >= 15 is 0 Å². The van der Waals surface area contributed by atoms with E-state index < -0.39 is 11.6 Å². The summed E-state index contributed by atoms with van der Waals surface area (Å²) in [5.41, 5.74) is -0.974. The third-order valence-electron chi connectivity index (χ3n) is 2.33. The van der Waals surface area contributed by atoms with Crippen LogP contribution in [0.5, 0.6) is 0 Å². The average molecular weight is 186 g/mol. The highest BCUT2D eigenvalue weighted by molar-refractivity contribution is 5.81. The molecule has 0 unspecified atom stereocenters. The van der Waals surface area contributed by atoms with Gasteiger partial charge in [-0.25, -0.2) is 4.79 Å². The summed E-state index contributed by atoms with van der Waals surface area (Å²) in [6.45, 7) is 2.40. The molecule has 13 heavy (non-hydrogen) atoms. The molecule has 4 heteroatoms. The van der Waals surface area contributed by atoms with Crippen molar-refractivity contribution in [3.8, 4) is 0 Å². The van der Waals surface area contributed by atoms with Crippen molar-refractivity contribution in [2.75, 3.05) is 6.61 Å². The lowest BCUT2D eigenvalue weighted by molar-refractivity contribution is -0.174. The molecule has 0 aromatic carbocycles. The van der Waals surface area contributed by atoms with Gasteiger partial charge in [-0.2, -0.15) is 0 Å². The second-order valence-corrected chi connectivity index (χ2v) is 3.14. The Labute approximate surface area is 77.2 Å². The number of carbonyl (C=O) groups is 2. The van der Waals surface area contributed by atoms with Crippen LogP contribution in [-0.2, 0) is 19.1 Å². The van der Waals surface area contributed by atoms with Crippen molar-refractivity contribution >= 4 is 12.4 Å². The molecule has 4 nitrogen and oxygen atoms in total. The zero-order valence-corrected chi connectivity index (χ0v) is 7.75. The Balaban J connectivity index is 2.65. The van der Waals surface area contributed by atoms with E-state index in [9.17, 15) is 9.59 Å². The molecule has 0 N–H and O–H groups in total. The highest BCUT2D eigenvalue weighted by Crippen LogP contribution is 2.33. The summed E-state index contributed by atoms with van der Waals surface area (Å²) in [6, 6.07) is 0. The molecule has 0 bridgehead atoms. The van der Waals surface area contributed by atoms with Crippen LogP contribution in [0.1, 0.15) is 32.6 Å². The molecule has 1 fully saturated rings. The van der Waals surface area contributed by atoms with Crippen molar-refractivity contribution in [3.05, 3.63) is 0 Å². The molecular weight excluding hydrogens is 172 g/mol. The molecular formula is C9H14O4. The first-order valence-corrected chi connectivity index (χ1v) is 4.54. The van der Waals surface area contributed by atoms with Gasteiger partial charge in [0, 0.05) is 0 Å². The lowest BCUT2D eigenvalue weighted by Gasteiger charge is -2.23. The molecule has 0 spiro atoms. The highest BCUT2D eigenvalue weighted by Gasteiger charge is 2.44. The van der Waals surface area contributed by atoms with Gasteiger partial charge < -0.3 is 9.47 Å². The van der Waals surface area contributed by atoms with Crippen LogP contribution in [0.4, 0.5) is 0 Å². The Morgan fingerprint density at radius 1 is 1.46 bits per heavy atom. The van der Waals surface area contributed by atoms with Crippen LogP contribution < -0.4 is 0 Å². The number of ether oxygens (including phenoxy) is 2. The zero-order chi connectivity index (χ0) is 9.73. The van der Waals surface area contributed by atoms with Crippen LogP contribution in [0.2, 0.25) is 0 Å². The van der Waals surface area contributed by atoms with E-state index in [-0.39, 0.29) is 0 Å². The maximum Gasteiger partial charge on any atom is 0.350 e. The third-order valence-corrected chi connectivity index (χ3v) is 2.33. The van der Waals surface area contributed by atoms with Gasteiger partial charge in [0.25, 0.3) is 6.47 Å². The molecule has 1 saturated carbocycles. The lowest BCUT2D eigenvalue weighted by Crippen LogP contribution is -2.40. The largest absolute Gasteiger partial charge is 0.463 e. The van der Waals surface area contributed by atoms with E-state index in [4.69, 9.17) is 9.47 Å². The molecule has 0 aliphatic heterocycles. The second-order valence-electron chi connectivity index (χ2n) is 3.14. The summed E-state index contributed by atoms with van der Waals surface area (Å²) < 4.78 is 9.71. The molecule has 1 aliphatic rings. The van der Waals surface area contributed by atoms with Gasteiger partial charge >= 0.3 is 5.97 Å². The van der Waals surface area contributed by atoms with Crippen molar-refractivity contribution in [3.63, 3.8) is 0 Å². The monoisotopic (exact) mass is 186 g/mol.